The molecule has 1 aliphatic heterocycles. The van der Waals surface area contributed by atoms with E-state index in [-0.39, 0.29) is 18.0 Å². The number of hydrogen-bond donors (Lipinski definition) is 1. The summed E-state index contributed by atoms with van der Waals surface area (Å²) in [4.78, 5) is 14.3. The Balaban J connectivity index is 2.36. The van der Waals surface area contributed by atoms with Crippen LogP contribution >= 0.6 is 15.9 Å². The SMILES string of the molecule is COCCN1C(=O)CCCC(N)C1c1ccc(Br)c(C)c1. The van der Waals surface area contributed by atoms with Gasteiger partial charge in [0.25, 0.3) is 0 Å². The van der Waals surface area contributed by atoms with Crippen LogP contribution in [-0.2, 0) is 9.53 Å². The van der Waals surface area contributed by atoms with Crippen molar-refractivity contribution < 1.29 is 9.53 Å². The van der Waals surface area contributed by atoms with E-state index in [1.165, 1.54) is 0 Å². The van der Waals surface area contributed by atoms with E-state index in [1.54, 1.807) is 7.11 Å². The first-order chi connectivity index (χ1) is 10.0. The topological polar surface area (TPSA) is 55.6 Å². The van der Waals surface area contributed by atoms with Crippen LogP contribution in [0.5, 0.6) is 0 Å². The van der Waals surface area contributed by atoms with Crippen LogP contribution in [-0.4, -0.2) is 37.1 Å². The average Bonchev–Trinajstić information content (AvgIpc) is 2.59. The molecule has 0 radical (unpaired) electrons. The molecule has 1 fully saturated rings. The molecule has 0 saturated carbocycles. The van der Waals surface area contributed by atoms with Gasteiger partial charge < -0.3 is 15.4 Å². The first-order valence-electron chi connectivity index (χ1n) is 7.34. The predicted molar refractivity (Wildman–Crippen MR) is 87.0 cm³/mol. The van der Waals surface area contributed by atoms with Gasteiger partial charge >= 0.3 is 0 Å². The zero-order valence-electron chi connectivity index (χ0n) is 12.6. The van der Waals surface area contributed by atoms with Crippen LogP contribution in [0.25, 0.3) is 0 Å². The number of methoxy groups -OCH3 is 1. The number of carbonyl (C=O) groups is 1. The van der Waals surface area contributed by atoms with Gasteiger partial charge in [0.15, 0.2) is 0 Å². The zero-order valence-corrected chi connectivity index (χ0v) is 14.2. The van der Waals surface area contributed by atoms with E-state index in [9.17, 15) is 4.79 Å². The number of halogens is 1. The van der Waals surface area contributed by atoms with E-state index < -0.39 is 0 Å². The lowest BCUT2D eigenvalue weighted by molar-refractivity contribution is -0.134. The molecule has 1 heterocycles. The Hall–Kier alpha value is -0.910. The summed E-state index contributed by atoms with van der Waals surface area (Å²) in [7, 11) is 1.65. The second kappa shape index (κ2) is 7.38. The second-order valence-corrected chi connectivity index (χ2v) is 6.44. The standard InChI is InChI=1S/C16H23BrN2O2/c1-11-10-12(6-7-13(11)17)16-14(18)4-3-5-15(20)19(16)8-9-21-2/h6-7,10,14,16H,3-5,8-9,18H2,1-2H3. The van der Waals surface area contributed by atoms with Crippen LogP contribution in [0, 0.1) is 6.92 Å². The van der Waals surface area contributed by atoms with Gasteiger partial charge in [-0.1, -0.05) is 28.1 Å². The monoisotopic (exact) mass is 354 g/mol. The number of benzene rings is 1. The fourth-order valence-corrected chi connectivity index (χ4v) is 3.16. The third-order valence-electron chi connectivity index (χ3n) is 4.05. The molecule has 1 aromatic carbocycles. The molecule has 1 aliphatic rings. The maximum Gasteiger partial charge on any atom is 0.223 e. The molecule has 1 aromatic rings. The van der Waals surface area contributed by atoms with Crippen LogP contribution in [0.4, 0.5) is 0 Å². The Kier molecular flexibility index (Phi) is 5.79. The van der Waals surface area contributed by atoms with E-state index in [0.717, 1.165) is 28.4 Å². The van der Waals surface area contributed by atoms with Gasteiger partial charge in [0, 0.05) is 30.6 Å². The lowest BCUT2D eigenvalue weighted by atomic mass is 9.95. The number of nitrogens with zero attached hydrogens (tertiary/aromatic N) is 1. The summed E-state index contributed by atoms with van der Waals surface area (Å²) in [5, 5.41) is 0. The highest BCUT2D eigenvalue weighted by Gasteiger charge is 2.32. The minimum absolute atomic E-state index is 0.0334. The summed E-state index contributed by atoms with van der Waals surface area (Å²) in [6.45, 7) is 3.17. The second-order valence-electron chi connectivity index (χ2n) is 5.59. The minimum atomic E-state index is -0.0676. The number of rotatable bonds is 4. The molecule has 2 atom stereocenters. The number of carbonyl (C=O) groups excluding carboxylic acids is 1. The third kappa shape index (κ3) is 3.84. The van der Waals surface area contributed by atoms with Gasteiger partial charge in [0.05, 0.1) is 12.6 Å². The molecule has 1 saturated heterocycles. The molecular weight excluding hydrogens is 332 g/mol. The van der Waals surface area contributed by atoms with E-state index in [4.69, 9.17) is 10.5 Å². The Bertz CT molecular complexity index is 507. The number of aryl methyl sites for hydroxylation is 1. The van der Waals surface area contributed by atoms with Crippen LogP contribution in [0.2, 0.25) is 0 Å². The van der Waals surface area contributed by atoms with E-state index in [0.29, 0.717) is 19.6 Å². The Morgan fingerprint density at radius 2 is 2.24 bits per heavy atom. The molecule has 4 nitrogen and oxygen atoms in total. The van der Waals surface area contributed by atoms with Crippen molar-refractivity contribution in [3.63, 3.8) is 0 Å². The molecular formula is C16H23BrN2O2. The number of ether oxygens (including phenoxy) is 1. The van der Waals surface area contributed by atoms with E-state index >= 15 is 0 Å². The zero-order chi connectivity index (χ0) is 15.4. The van der Waals surface area contributed by atoms with Crippen molar-refractivity contribution in [1.29, 1.82) is 0 Å². The molecule has 5 heteroatoms. The molecule has 0 aromatic heterocycles. The van der Waals surface area contributed by atoms with Crippen LogP contribution in [0.15, 0.2) is 22.7 Å². The molecule has 0 aliphatic carbocycles. The van der Waals surface area contributed by atoms with Crippen molar-refractivity contribution in [2.24, 2.45) is 5.73 Å². The molecule has 21 heavy (non-hydrogen) atoms. The summed E-state index contributed by atoms with van der Waals surface area (Å²) in [6.07, 6.45) is 2.30. The fraction of sp³-hybridized carbons (Fsp3) is 0.562. The van der Waals surface area contributed by atoms with E-state index in [1.807, 2.05) is 11.0 Å². The van der Waals surface area contributed by atoms with Crippen LogP contribution < -0.4 is 5.73 Å². The Morgan fingerprint density at radius 1 is 1.48 bits per heavy atom. The normalized spacial score (nSPS) is 23.2. The highest BCUT2D eigenvalue weighted by atomic mass is 79.9. The van der Waals surface area contributed by atoms with Crippen molar-refractivity contribution >= 4 is 21.8 Å². The molecule has 2 N–H and O–H groups in total. The summed E-state index contributed by atoms with van der Waals surface area (Å²) in [5.74, 6) is 0.172. The first-order valence-corrected chi connectivity index (χ1v) is 8.14. The molecule has 0 bridgehead atoms. The molecule has 1 amide bonds. The largest absolute Gasteiger partial charge is 0.383 e. The van der Waals surface area contributed by atoms with Gasteiger partial charge in [-0.2, -0.15) is 0 Å². The van der Waals surface area contributed by atoms with Gasteiger partial charge in [0.1, 0.15) is 0 Å². The summed E-state index contributed by atoms with van der Waals surface area (Å²) >= 11 is 3.52. The van der Waals surface area contributed by atoms with Gasteiger partial charge in [-0.15, -0.1) is 0 Å². The van der Waals surface area contributed by atoms with Crippen LogP contribution in [0.3, 0.4) is 0 Å². The number of amides is 1. The Labute approximate surface area is 134 Å². The van der Waals surface area contributed by atoms with E-state index in [2.05, 4.69) is 35.0 Å². The number of likely N-dealkylation sites (tertiary alicyclic amines) is 1. The quantitative estimate of drug-likeness (QED) is 0.904. The number of nitrogens with two attached hydrogens (primary N) is 1. The minimum Gasteiger partial charge on any atom is -0.383 e. The van der Waals surface area contributed by atoms with Crippen molar-refractivity contribution in [2.75, 3.05) is 20.3 Å². The molecule has 0 spiro atoms. The summed E-state index contributed by atoms with van der Waals surface area (Å²) < 4.78 is 6.23. The molecule has 2 rings (SSSR count). The maximum atomic E-state index is 12.4. The third-order valence-corrected chi connectivity index (χ3v) is 4.94. The van der Waals surface area contributed by atoms with Crippen molar-refractivity contribution in [3.05, 3.63) is 33.8 Å². The lowest BCUT2D eigenvalue weighted by Gasteiger charge is -2.34. The fourth-order valence-electron chi connectivity index (χ4n) is 2.91. The predicted octanol–water partition coefficient (Wildman–Crippen LogP) is 2.78. The average molecular weight is 355 g/mol. The van der Waals surface area contributed by atoms with Crippen molar-refractivity contribution in [1.82, 2.24) is 4.90 Å². The highest BCUT2D eigenvalue weighted by molar-refractivity contribution is 9.10. The smallest absolute Gasteiger partial charge is 0.223 e. The number of hydrogen-bond acceptors (Lipinski definition) is 3. The molecule has 116 valence electrons. The van der Waals surface area contributed by atoms with Crippen molar-refractivity contribution in [3.8, 4) is 0 Å². The summed E-state index contributed by atoms with van der Waals surface area (Å²) in [5.41, 5.74) is 8.64. The van der Waals surface area contributed by atoms with Crippen molar-refractivity contribution in [2.45, 2.75) is 38.3 Å². The van der Waals surface area contributed by atoms with Gasteiger partial charge in [-0.05, 0) is 37.0 Å². The Morgan fingerprint density at radius 3 is 2.90 bits per heavy atom. The van der Waals surface area contributed by atoms with Gasteiger partial charge in [0.2, 0.25) is 5.91 Å². The van der Waals surface area contributed by atoms with Gasteiger partial charge in [-0.3, -0.25) is 4.79 Å². The van der Waals surface area contributed by atoms with Crippen LogP contribution in [0.1, 0.15) is 36.4 Å². The lowest BCUT2D eigenvalue weighted by Crippen LogP contribution is -2.43. The van der Waals surface area contributed by atoms with Gasteiger partial charge in [-0.25, -0.2) is 0 Å². The first kappa shape index (κ1) is 16.5. The molecule has 2 unspecified atom stereocenters. The maximum absolute atomic E-state index is 12.4. The summed E-state index contributed by atoms with van der Waals surface area (Å²) in [6, 6.07) is 6.10. The highest BCUT2D eigenvalue weighted by Crippen LogP contribution is 2.31.